The van der Waals surface area contributed by atoms with Gasteiger partial charge in [-0.15, -0.1) is 0 Å². The molecule has 6 heteroatoms. The van der Waals surface area contributed by atoms with Gasteiger partial charge in [0.2, 0.25) is 0 Å². The van der Waals surface area contributed by atoms with Crippen molar-refractivity contribution in [2.75, 3.05) is 13.2 Å². The minimum atomic E-state index is 0.0617. The van der Waals surface area contributed by atoms with Crippen molar-refractivity contribution < 1.29 is 13.9 Å². The molecule has 0 bridgehead atoms. The molecule has 1 N–H and O–H groups in total. The molecule has 1 aliphatic heterocycles. The van der Waals surface area contributed by atoms with Crippen LogP contribution in [0.25, 0.3) is 11.1 Å². The summed E-state index contributed by atoms with van der Waals surface area (Å²) < 4.78 is 11.3. The van der Waals surface area contributed by atoms with Gasteiger partial charge in [-0.05, 0) is 56.1 Å². The molecule has 2 fully saturated rings. The number of hydrogen-bond donors (Lipinski definition) is 1. The zero-order valence-corrected chi connectivity index (χ0v) is 13.0. The topological polar surface area (TPSA) is 58.5 Å². The van der Waals surface area contributed by atoms with Crippen LogP contribution >= 0.6 is 12.2 Å². The fourth-order valence-corrected chi connectivity index (χ4v) is 3.79. The van der Waals surface area contributed by atoms with Gasteiger partial charge < -0.3 is 19.0 Å². The molecule has 1 saturated heterocycles. The van der Waals surface area contributed by atoms with Gasteiger partial charge in [0.25, 0.3) is 10.7 Å². The number of nitrogens with zero attached hydrogens (tertiary/aromatic N) is 1. The number of benzene rings is 1. The molecule has 22 heavy (non-hydrogen) atoms. The lowest BCUT2D eigenvalue weighted by Crippen LogP contribution is -2.43. The quantitative estimate of drug-likeness (QED) is 0.820. The van der Waals surface area contributed by atoms with Crippen molar-refractivity contribution in [1.29, 1.82) is 0 Å². The SMILES string of the molecule is O=C(c1ccc2[nH]c(=S)oc2c1)N1CCCO[C@H]2CCC[C@H]21. The molecule has 1 aromatic heterocycles. The van der Waals surface area contributed by atoms with Crippen LogP contribution in [0, 0.1) is 4.84 Å². The highest BCUT2D eigenvalue weighted by molar-refractivity contribution is 7.71. The average Bonchev–Trinajstić information content (AvgIpc) is 3.06. The summed E-state index contributed by atoms with van der Waals surface area (Å²) in [7, 11) is 0. The Hall–Kier alpha value is -1.66. The van der Waals surface area contributed by atoms with Crippen molar-refractivity contribution in [2.24, 2.45) is 0 Å². The molecule has 116 valence electrons. The van der Waals surface area contributed by atoms with Gasteiger partial charge in [-0.3, -0.25) is 4.79 Å². The van der Waals surface area contributed by atoms with Crippen LogP contribution in [0.3, 0.4) is 0 Å². The Balaban J connectivity index is 1.67. The van der Waals surface area contributed by atoms with Crippen LogP contribution in [0.1, 0.15) is 36.0 Å². The number of ether oxygens (including phenoxy) is 1. The lowest BCUT2D eigenvalue weighted by atomic mass is 10.1. The summed E-state index contributed by atoms with van der Waals surface area (Å²) in [4.78, 5) is 18.2. The normalized spacial score (nSPS) is 25.2. The van der Waals surface area contributed by atoms with Crippen molar-refractivity contribution in [3.05, 3.63) is 28.6 Å². The van der Waals surface area contributed by atoms with Crippen molar-refractivity contribution in [3.8, 4) is 0 Å². The van der Waals surface area contributed by atoms with Gasteiger partial charge in [-0.1, -0.05) is 0 Å². The van der Waals surface area contributed by atoms with Crippen LogP contribution in [0.4, 0.5) is 0 Å². The van der Waals surface area contributed by atoms with Gasteiger partial charge in [-0.25, -0.2) is 0 Å². The Kier molecular flexibility index (Phi) is 3.50. The van der Waals surface area contributed by atoms with Gasteiger partial charge in [0.05, 0.1) is 17.7 Å². The number of rotatable bonds is 1. The van der Waals surface area contributed by atoms with Crippen molar-refractivity contribution in [2.45, 2.75) is 37.8 Å². The number of aromatic amines is 1. The minimum absolute atomic E-state index is 0.0617. The Labute approximate surface area is 133 Å². The predicted molar refractivity (Wildman–Crippen MR) is 84.4 cm³/mol. The van der Waals surface area contributed by atoms with E-state index in [9.17, 15) is 4.79 Å². The van der Waals surface area contributed by atoms with Crippen LogP contribution < -0.4 is 0 Å². The highest BCUT2D eigenvalue weighted by Crippen LogP contribution is 2.30. The monoisotopic (exact) mass is 318 g/mol. The summed E-state index contributed by atoms with van der Waals surface area (Å²) in [5.41, 5.74) is 2.10. The summed E-state index contributed by atoms with van der Waals surface area (Å²) >= 11 is 4.99. The van der Waals surface area contributed by atoms with E-state index in [2.05, 4.69) is 4.98 Å². The molecule has 0 radical (unpaired) electrons. The molecular formula is C16H18N2O3S. The Morgan fingerprint density at radius 2 is 2.23 bits per heavy atom. The third-order valence-corrected chi connectivity index (χ3v) is 4.81. The van der Waals surface area contributed by atoms with E-state index in [-0.39, 0.29) is 18.1 Å². The van der Waals surface area contributed by atoms with Crippen LogP contribution in [0.5, 0.6) is 0 Å². The van der Waals surface area contributed by atoms with Gasteiger partial charge in [0.1, 0.15) is 0 Å². The molecule has 0 spiro atoms. The number of fused-ring (bicyclic) bond motifs is 2. The van der Waals surface area contributed by atoms with E-state index in [0.717, 1.165) is 44.4 Å². The molecular weight excluding hydrogens is 300 g/mol. The summed E-state index contributed by atoms with van der Waals surface area (Å²) in [6, 6.07) is 5.67. The maximum Gasteiger partial charge on any atom is 0.266 e. The van der Waals surface area contributed by atoms with Gasteiger partial charge in [-0.2, -0.15) is 0 Å². The molecule has 1 saturated carbocycles. The maximum atomic E-state index is 12.9. The van der Waals surface area contributed by atoms with Crippen LogP contribution in [0.15, 0.2) is 22.6 Å². The number of oxazole rings is 1. The first kappa shape index (κ1) is 14.0. The van der Waals surface area contributed by atoms with Gasteiger partial charge in [0.15, 0.2) is 5.58 Å². The third-order valence-electron chi connectivity index (χ3n) is 4.62. The van der Waals surface area contributed by atoms with E-state index < -0.39 is 0 Å². The zero-order chi connectivity index (χ0) is 15.1. The predicted octanol–water partition coefficient (Wildman–Crippen LogP) is 3.27. The fourth-order valence-electron chi connectivity index (χ4n) is 3.59. The first-order valence-electron chi connectivity index (χ1n) is 7.78. The second kappa shape index (κ2) is 5.52. The number of H-pyrrole nitrogens is 1. The summed E-state index contributed by atoms with van der Waals surface area (Å²) in [6.45, 7) is 1.50. The molecule has 1 amide bonds. The van der Waals surface area contributed by atoms with Gasteiger partial charge in [0, 0.05) is 18.7 Å². The number of carbonyl (C=O) groups is 1. The number of nitrogens with one attached hydrogen (secondary N) is 1. The molecule has 2 aliphatic rings. The Bertz CT molecular complexity index is 766. The molecule has 5 nitrogen and oxygen atoms in total. The van der Waals surface area contributed by atoms with Crippen LogP contribution in [-0.4, -0.2) is 41.1 Å². The zero-order valence-electron chi connectivity index (χ0n) is 12.2. The summed E-state index contributed by atoms with van der Waals surface area (Å²) in [6.07, 6.45) is 4.31. The lowest BCUT2D eigenvalue weighted by molar-refractivity contribution is 0.0297. The number of carbonyl (C=O) groups excluding carboxylic acids is 1. The van der Waals surface area contributed by atoms with E-state index in [0.29, 0.717) is 16.0 Å². The van der Waals surface area contributed by atoms with E-state index in [1.807, 2.05) is 17.0 Å². The first-order valence-corrected chi connectivity index (χ1v) is 8.19. The standard InChI is InChI=1S/C16H18N2O3S/c19-15(10-5-6-11-14(9-10)21-16(22)17-11)18-7-2-8-20-13-4-1-3-12(13)18/h5-6,9,12-13H,1-4,7-8H2,(H,17,22)/t12-,13+/m1/s1. The van der Waals surface area contributed by atoms with Crippen LogP contribution in [-0.2, 0) is 4.74 Å². The van der Waals surface area contributed by atoms with E-state index >= 15 is 0 Å². The largest absolute Gasteiger partial charge is 0.429 e. The smallest absolute Gasteiger partial charge is 0.266 e. The average molecular weight is 318 g/mol. The molecule has 2 heterocycles. The first-order chi connectivity index (χ1) is 10.7. The lowest BCUT2D eigenvalue weighted by Gasteiger charge is -2.30. The van der Waals surface area contributed by atoms with E-state index in [1.165, 1.54) is 0 Å². The second-order valence-electron chi connectivity index (χ2n) is 5.99. The van der Waals surface area contributed by atoms with Gasteiger partial charge >= 0.3 is 0 Å². The van der Waals surface area contributed by atoms with Crippen molar-refractivity contribution in [1.82, 2.24) is 9.88 Å². The minimum Gasteiger partial charge on any atom is -0.429 e. The molecule has 0 unspecified atom stereocenters. The highest BCUT2D eigenvalue weighted by atomic mass is 32.1. The third kappa shape index (κ3) is 2.36. The molecule has 4 rings (SSSR count). The van der Waals surface area contributed by atoms with E-state index in [4.69, 9.17) is 21.4 Å². The molecule has 2 atom stereocenters. The number of amides is 1. The Morgan fingerprint density at radius 3 is 3.14 bits per heavy atom. The molecule has 1 aliphatic carbocycles. The van der Waals surface area contributed by atoms with E-state index in [1.54, 1.807) is 6.07 Å². The van der Waals surface area contributed by atoms with Crippen molar-refractivity contribution >= 4 is 29.2 Å². The highest BCUT2D eigenvalue weighted by Gasteiger charge is 2.37. The van der Waals surface area contributed by atoms with Crippen molar-refractivity contribution in [3.63, 3.8) is 0 Å². The number of aromatic nitrogens is 1. The summed E-state index contributed by atoms with van der Waals surface area (Å²) in [5, 5.41) is 0. The second-order valence-corrected chi connectivity index (χ2v) is 6.36. The molecule has 2 aromatic rings. The summed E-state index contributed by atoms with van der Waals surface area (Å²) in [5.74, 6) is 0.0617. The maximum absolute atomic E-state index is 12.9. The molecule has 1 aromatic carbocycles. The van der Waals surface area contributed by atoms with Crippen LogP contribution in [0.2, 0.25) is 0 Å². The number of hydrogen-bond acceptors (Lipinski definition) is 4. The fraction of sp³-hybridized carbons (Fsp3) is 0.500. The Morgan fingerprint density at radius 1 is 1.32 bits per heavy atom.